The number of hydrogen-bond donors (Lipinski definition) is 0. The molecule has 21 heavy (non-hydrogen) atoms. The van der Waals surface area contributed by atoms with Crippen molar-refractivity contribution in [2.45, 2.75) is 43.0 Å². The van der Waals surface area contributed by atoms with Crippen molar-refractivity contribution in [2.24, 2.45) is 0 Å². The Kier molecular flexibility index (Phi) is 4.66. The van der Waals surface area contributed by atoms with Crippen molar-refractivity contribution in [3.63, 3.8) is 0 Å². The molecule has 2 rings (SSSR count). The number of imidazole rings is 1. The van der Waals surface area contributed by atoms with Gasteiger partial charge in [0.25, 0.3) is 10.0 Å². The Balaban J connectivity index is 2.20. The summed E-state index contributed by atoms with van der Waals surface area (Å²) in [5, 5.41) is 9.37. The van der Waals surface area contributed by atoms with E-state index in [9.17, 15) is 13.7 Å². The lowest BCUT2D eigenvalue weighted by Crippen LogP contribution is -2.44. The summed E-state index contributed by atoms with van der Waals surface area (Å²) in [5.41, 5.74) is 0. The van der Waals surface area contributed by atoms with E-state index in [-0.39, 0.29) is 5.03 Å². The van der Waals surface area contributed by atoms with Gasteiger partial charge in [-0.15, -0.1) is 11.8 Å². The first-order valence-corrected chi connectivity index (χ1v) is 9.55. The van der Waals surface area contributed by atoms with Gasteiger partial charge >= 0.3 is 0 Å². The first-order chi connectivity index (χ1) is 9.88. The van der Waals surface area contributed by atoms with Crippen molar-refractivity contribution in [2.75, 3.05) is 19.3 Å². The maximum atomic E-state index is 12.6. The van der Waals surface area contributed by atoms with Gasteiger partial charge in [-0.3, -0.25) is 0 Å². The van der Waals surface area contributed by atoms with Crippen molar-refractivity contribution in [1.82, 2.24) is 13.9 Å². The van der Waals surface area contributed by atoms with Crippen LogP contribution in [-0.2, 0) is 16.6 Å². The van der Waals surface area contributed by atoms with Crippen LogP contribution in [0, 0.1) is 18.3 Å². The van der Waals surface area contributed by atoms with E-state index in [1.54, 1.807) is 13.1 Å². The zero-order valence-corrected chi connectivity index (χ0v) is 14.2. The minimum absolute atomic E-state index is 0.107. The molecular weight excluding hydrogens is 308 g/mol. The molecule has 0 bridgehead atoms. The van der Waals surface area contributed by atoms with Gasteiger partial charge in [-0.2, -0.15) is 9.57 Å². The van der Waals surface area contributed by atoms with Gasteiger partial charge in [0, 0.05) is 25.8 Å². The normalized spacial score (nSPS) is 19.3. The molecule has 116 valence electrons. The summed E-state index contributed by atoms with van der Waals surface area (Å²) in [5.74, 6) is 0.698. The molecule has 0 aliphatic carbocycles. The number of rotatable bonds is 4. The van der Waals surface area contributed by atoms with Crippen LogP contribution in [0.5, 0.6) is 0 Å². The molecule has 1 saturated heterocycles. The number of nitriles is 1. The molecule has 0 spiro atoms. The molecule has 0 radical (unpaired) electrons. The summed E-state index contributed by atoms with van der Waals surface area (Å²) in [4.78, 5) is 4.17. The average Bonchev–Trinajstić information content (AvgIpc) is 2.89. The highest BCUT2D eigenvalue weighted by atomic mass is 32.2. The number of hydrogen-bond acceptors (Lipinski definition) is 5. The molecular formula is C13H20N4O2S2. The molecule has 0 aromatic carbocycles. The minimum atomic E-state index is -3.56. The molecule has 8 heteroatoms. The predicted molar refractivity (Wildman–Crippen MR) is 82.5 cm³/mol. The molecule has 1 aliphatic rings. The summed E-state index contributed by atoms with van der Waals surface area (Å²) in [7, 11) is -3.56. The van der Waals surface area contributed by atoms with Crippen LogP contribution in [0.2, 0.25) is 0 Å². The van der Waals surface area contributed by atoms with E-state index < -0.39 is 14.8 Å². The van der Waals surface area contributed by atoms with E-state index >= 15 is 0 Å². The van der Waals surface area contributed by atoms with Gasteiger partial charge in [0.05, 0.1) is 6.07 Å². The number of aryl methyl sites for hydroxylation is 2. The fraction of sp³-hybridized carbons (Fsp3) is 0.692. The standard InChI is InChI=1S/C13H20N4O2S2/c1-4-16-9-12(15-11(16)2)21(18,19)17-7-5-13(10-14,20-3)6-8-17/h9H,4-8H2,1-3H3. The van der Waals surface area contributed by atoms with Gasteiger partial charge in [0.1, 0.15) is 10.6 Å². The lowest BCUT2D eigenvalue weighted by atomic mass is 9.99. The highest BCUT2D eigenvalue weighted by molar-refractivity contribution is 8.00. The SMILES string of the molecule is CCn1cc(S(=O)(=O)N2CCC(C#N)(SC)CC2)nc1C. The maximum absolute atomic E-state index is 12.6. The molecule has 2 heterocycles. The van der Waals surface area contributed by atoms with E-state index in [0.29, 0.717) is 38.3 Å². The molecule has 1 aromatic rings. The van der Waals surface area contributed by atoms with Crippen LogP contribution in [0.25, 0.3) is 0 Å². The van der Waals surface area contributed by atoms with Crippen LogP contribution in [0.1, 0.15) is 25.6 Å². The molecule has 0 unspecified atom stereocenters. The molecule has 0 N–H and O–H groups in total. The number of nitrogens with zero attached hydrogens (tertiary/aromatic N) is 4. The third kappa shape index (κ3) is 2.96. The molecule has 1 aromatic heterocycles. The van der Waals surface area contributed by atoms with Crippen LogP contribution in [-0.4, -0.2) is 46.4 Å². The zero-order chi connectivity index (χ0) is 15.7. The molecule has 1 aliphatic heterocycles. The van der Waals surface area contributed by atoms with E-state index in [1.165, 1.54) is 16.1 Å². The van der Waals surface area contributed by atoms with Gasteiger partial charge in [-0.05, 0) is 32.9 Å². The number of thioether (sulfide) groups is 1. The fourth-order valence-corrected chi connectivity index (χ4v) is 4.62. The summed E-state index contributed by atoms with van der Waals surface area (Å²) < 4.78 is 28.0. The van der Waals surface area contributed by atoms with Crippen molar-refractivity contribution in [1.29, 1.82) is 5.26 Å². The Morgan fingerprint density at radius 2 is 2.10 bits per heavy atom. The summed E-state index contributed by atoms with van der Waals surface area (Å²) >= 11 is 1.51. The van der Waals surface area contributed by atoms with Crippen LogP contribution in [0.15, 0.2) is 11.2 Å². The second-order valence-electron chi connectivity index (χ2n) is 5.13. The zero-order valence-electron chi connectivity index (χ0n) is 12.5. The molecule has 6 nitrogen and oxygen atoms in total. The highest BCUT2D eigenvalue weighted by Crippen LogP contribution is 2.35. The van der Waals surface area contributed by atoms with E-state index in [4.69, 9.17) is 0 Å². The number of sulfonamides is 1. The van der Waals surface area contributed by atoms with Gasteiger partial charge in [-0.25, -0.2) is 13.4 Å². The summed E-state index contributed by atoms with van der Waals surface area (Å²) in [6, 6.07) is 2.32. The fourth-order valence-electron chi connectivity index (χ4n) is 2.51. The molecule has 0 atom stereocenters. The van der Waals surface area contributed by atoms with Crippen molar-refractivity contribution in [3.05, 3.63) is 12.0 Å². The van der Waals surface area contributed by atoms with Gasteiger partial charge in [0.2, 0.25) is 0 Å². The van der Waals surface area contributed by atoms with Crippen LogP contribution in [0.4, 0.5) is 0 Å². The quantitative estimate of drug-likeness (QED) is 0.839. The number of aromatic nitrogens is 2. The van der Waals surface area contributed by atoms with Gasteiger partial charge < -0.3 is 4.57 Å². The van der Waals surface area contributed by atoms with Crippen molar-refractivity contribution >= 4 is 21.8 Å². The van der Waals surface area contributed by atoms with E-state index in [1.807, 2.05) is 17.7 Å². The Morgan fingerprint density at radius 1 is 1.48 bits per heavy atom. The first-order valence-electron chi connectivity index (χ1n) is 6.89. The Bertz CT molecular complexity index is 652. The highest BCUT2D eigenvalue weighted by Gasteiger charge is 2.39. The monoisotopic (exact) mass is 328 g/mol. The Labute approximate surface area is 130 Å². The predicted octanol–water partition coefficient (Wildman–Crippen LogP) is 1.62. The van der Waals surface area contributed by atoms with Crippen molar-refractivity contribution in [3.8, 4) is 6.07 Å². The topological polar surface area (TPSA) is 79.0 Å². The van der Waals surface area contributed by atoms with E-state index in [0.717, 1.165) is 0 Å². The lowest BCUT2D eigenvalue weighted by Gasteiger charge is -2.34. The Morgan fingerprint density at radius 3 is 2.52 bits per heavy atom. The molecule has 1 fully saturated rings. The molecule has 0 saturated carbocycles. The first kappa shape index (κ1) is 16.3. The second-order valence-corrected chi connectivity index (χ2v) is 8.20. The van der Waals surface area contributed by atoms with E-state index in [2.05, 4.69) is 11.1 Å². The smallest absolute Gasteiger partial charge is 0.262 e. The lowest BCUT2D eigenvalue weighted by molar-refractivity contribution is 0.326. The molecule has 0 amide bonds. The van der Waals surface area contributed by atoms with Crippen LogP contribution in [0.3, 0.4) is 0 Å². The second kappa shape index (κ2) is 5.99. The Hall–Kier alpha value is -1.04. The minimum Gasteiger partial charge on any atom is -0.334 e. The van der Waals surface area contributed by atoms with Crippen molar-refractivity contribution < 1.29 is 8.42 Å². The average molecular weight is 328 g/mol. The summed E-state index contributed by atoms with van der Waals surface area (Å²) in [6.07, 6.45) is 4.60. The summed E-state index contributed by atoms with van der Waals surface area (Å²) in [6.45, 7) is 5.18. The van der Waals surface area contributed by atoms with Gasteiger partial charge in [0.15, 0.2) is 5.03 Å². The number of piperidine rings is 1. The van der Waals surface area contributed by atoms with Crippen LogP contribution < -0.4 is 0 Å². The third-order valence-corrected chi connectivity index (χ3v) is 7.07. The third-order valence-electron chi connectivity index (χ3n) is 4.02. The van der Waals surface area contributed by atoms with Crippen LogP contribution >= 0.6 is 11.8 Å². The van der Waals surface area contributed by atoms with Gasteiger partial charge in [-0.1, -0.05) is 0 Å². The largest absolute Gasteiger partial charge is 0.334 e. The maximum Gasteiger partial charge on any atom is 0.262 e.